The van der Waals surface area contributed by atoms with Crippen LogP contribution >= 0.6 is 35.7 Å². The zero-order valence-electron chi connectivity index (χ0n) is 12.3. The Balaban J connectivity index is 0.00000220. The van der Waals surface area contributed by atoms with Gasteiger partial charge in [0.25, 0.3) is 0 Å². The first-order valence-corrected chi connectivity index (χ1v) is 8.05. The fourth-order valence-electron chi connectivity index (χ4n) is 1.91. The van der Waals surface area contributed by atoms with E-state index in [9.17, 15) is 0 Å². The Kier molecular flexibility index (Phi) is 8.67. The number of thioether (sulfide) groups is 1. The highest BCUT2D eigenvalue weighted by Crippen LogP contribution is 2.32. The number of rotatable bonds is 6. The number of hydrogen-bond acceptors (Lipinski definition) is 4. The van der Waals surface area contributed by atoms with E-state index >= 15 is 0 Å². The fraction of sp³-hybridized carbons (Fsp3) is 0.500. The van der Waals surface area contributed by atoms with Crippen molar-refractivity contribution in [3.05, 3.63) is 23.8 Å². The van der Waals surface area contributed by atoms with E-state index in [0.717, 1.165) is 42.7 Å². The lowest BCUT2D eigenvalue weighted by Gasteiger charge is -2.11. The molecule has 0 unspecified atom stereocenters. The van der Waals surface area contributed by atoms with Gasteiger partial charge in [-0.1, -0.05) is 6.07 Å². The third-order valence-corrected chi connectivity index (χ3v) is 3.58. The summed E-state index contributed by atoms with van der Waals surface area (Å²) in [6.45, 7) is 2.08. The Hall–Kier alpha value is -0.830. The van der Waals surface area contributed by atoms with Gasteiger partial charge >= 0.3 is 0 Å². The maximum Gasteiger partial charge on any atom is 0.231 e. The summed E-state index contributed by atoms with van der Waals surface area (Å²) in [7, 11) is 1.79. The van der Waals surface area contributed by atoms with Gasteiger partial charge in [-0.3, -0.25) is 4.99 Å². The van der Waals surface area contributed by atoms with E-state index in [1.54, 1.807) is 7.05 Å². The van der Waals surface area contributed by atoms with Crippen molar-refractivity contribution in [2.45, 2.75) is 6.42 Å². The molecule has 1 aliphatic heterocycles. The molecule has 7 heteroatoms. The third-order valence-electron chi connectivity index (χ3n) is 2.97. The number of aliphatic imine (C=N–C) groups is 1. The highest BCUT2D eigenvalue weighted by Gasteiger charge is 2.12. The molecule has 1 aromatic carbocycles. The van der Waals surface area contributed by atoms with Crippen molar-refractivity contribution in [2.75, 3.05) is 38.9 Å². The van der Waals surface area contributed by atoms with Crippen molar-refractivity contribution >= 4 is 41.7 Å². The third kappa shape index (κ3) is 5.82. The van der Waals surface area contributed by atoms with Gasteiger partial charge in [-0.2, -0.15) is 11.8 Å². The molecule has 0 bridgehead atoms. The summed E-state index contributed by atoms with van der Waals surface area (Å²) >= 11 is 1.82. The van der Waals surface area contributed by atoms with Crippen LogP contribution in [-0.2, 0) is 6.42 Å². The van der Waals surface area contributed by atoms with Gasteiger partial charge in [-0.05, 0) is 30.4 Å². The number of ether oxygens (including phenoxy) is 2. The van der Waals surface area contributed by atoms with Crippen molar-refractivity contribution in [1.29, 1.82) is 0 Å². The zero-order chi connectivity index (χ0) is 14.2. The van der Waals surface area contributed by atoms with Crippen LogP contribution in [0.25, 0.3) is 0 Å². The van der Waals surface area contributed by atoms with E-state index in [2.05, 4.69) is 27.9 Å². The Labute approximate surface area is 147 Å². The summed E-state index contributed by atoms with van der Waals surface area (Å²) < 4.78 is 10.7. The molecule has 0 aromatic heterocycles. The Morgan fingerprint density at radius 3 is 2.76 bits per heavy atom. The van der Waals surface area contributed by atoms with Gasteiger partial charge < -0.3 is 20.1 Å². The second-order valence-electron chi connectivity index (χ2n) is 4.36. The molecular weight excluding hydrogens is 401 g/mol. The number of nitrogens with one attached hydrogen (secondary N) is 2. The number of nitrogens with zero attached hydrogens (tertiary/aromatic N) is 1. The van der Waals surface area contributed by atoms with Crippen LogP contribution in [0.4, 0.5) is 0 Å². The molecule has 0 fully saturated rings. The predicted molar refractivity (Wildman–Crippen MR) is 99.4 cm³/mol. The van der Waals surface area contributed by atoms with E-state index in [1.165, 1.54) is 5.56 Å². The first-order valence-electron chi connectivity index (χ1n) is 6.65. The van der Waals surface area contributed by atoms with Crippen molar-refractivity contribution in [3.63, 3.8) is 0 Å². The summed E-state index contributed by atoms with van der Waals surface area (Å²) in [5.41, 5.74) is 1.22. The van der Waals surface area contributed by atoms with Crippen LogP contribution in [0.15, 0.2) is 23.2 Å². The molecule has 0 saturated carbocycles. The van der Waals surface area contributed by atoms with Gasteiger partial charge in [-0.15, -0.1) is 24.0 Å². The van der Waals surface area contributed by atoms with Crippen molar-refractivity contribution in [2.24, 2.45) is 4.99 Å². The predicted octanol–water partition coefficient (Wildman–Crippen LogP) is 2.10. The van der Waals surface area contributed by atoms with Crippen LogP contribution in [0.5, 0.6) is 11.5 Å². The molecule has 0 aliphatic carbocycles. The van der Waals surface area contributed by atoms with Gasteiger partial charge in [-0.25, -0.2) is 0 Å². The van der Waals surface area contributed by atoms with E-state index in [-0.39, 0.29) is 24.0 Å². The maximum atomic E-state index is 5.37. The Morgan fingerprint density at radius 2 is 2.00 bits per heavy atom. The average Bonchev–Trinajstić information content (AvgIpc) is 2.93. The Bertz CT molecular complexity index is 472. The van der Waals surface area contributed by atoms with Gasteiger partial charge in [0.05, 0.1) is 0 Å². The van der Waals surface area contributed by atoms with Crippen molar-refractivity contribution in [3.8, 4) is 11.5 Å². The standard InChI is InChI=1S/C14H21N3O2S.HI/c1-15-14(17-7-8-20-2)16-6-5-11-3-4-12-13(9-11)19-10-18-12;/h3-4,9H,5-8,10H2,1-2H3,(H2,15,16,17);1H. The maximum absolute atomic E-state index is 5.37. The molecule has 5 nitrogen and oxygen atoms in total. The summed E-state index contributed by atoms with van der Waals surface area (Å²) in [6, 6.07) is 6.07. The second kappa shape index (κ2) is 9.99. The van der Waals surface area contributed by atoms with Crippen LogP contribution in [0.2, 0.25) is 0 Å². The highest BCUT2D eigenvalue weighted by atomic mass is 127. The lowest BCUT2D eigenvalue weighted by atomic mass is 10.1. The zero-order valence-corrected chi connectivity index (χ0v) is 15.5. The van der Waals surface area contributed by atoms with Crippen molar-refractivity contribution < 1.29 is 9.47 Å². The molecule has 0 radical (unpaired) electrons. The molecule has 0 amide bonds. The summed E-state index contributed by atoms with van der Waals surface area (Å²) in [5, 5.41) is 6.57. The minimum absolute atomic E-state index is 0. The van der Waals surface area contributed by atoms with Crippen LogP contribution < -0.4 is 20.1 Å². The normalized spacial score (nSPS) is 12.8. The van der Waals surface area contributed by atoms with Gasteiger partial charge in [0, 0.05) is 25.9 Å². The second-order valence-corrected chi connectivity index (χ2v) is 5.34. The summed E-state index contributed by atoms with van der Waals surface area (Å²) in [4.78, 5) is 4.19. The molecule has 1 aliphatic rings. The van der Waals surface area contributed by atoms with E-state index < -0.39 is 0 Å². The smallest absolute Gasteiger partial charge is 0.231 e. The minimum atomic E-state index is 0. The first kappa shape index (κ1) is 18.2. The Morgan fingerprint density at radius 1 is 1.24 bits per heavy atom. The molecule has 2 rings (SSSR count). The lowest BCUT2D eigenvalue weighted by molar-refractivity contribution is 0.174. The SMILES string of the molecule is CN=C(NCCSC)NCCc1ccc2c(c1)OCO2.I. The number of benzene rings is 1. The number of fused-ring (bicyclic) bond motifs is 1. The highest BCUT2D eigenvalue weighted by molar-refractivity contribution is 14.0. The molecule has 118 valence electrons. The monoisotopic (exact) mass is 423 g/mol. The average molecular weight is 423 g/mol. The van der Waals surface area contributed by atoms with Crippen LogP contribution in [-0.4, -0.2) is 44.9 Å². The summed E-state index contributed by atoms with van der Waals surface area (Å²) in [6.07, 6.45) is 3.01. The van der Waals surface area contributed by atoms with Crippen molar-refractivity contribution in [1.82, 2.24) is 10.6 Å². The van der Waals surface area contributed by atoms with Crippen LogP contribution in [0.1, 0.15) is 5.56 Å². The molecule has 0 spiro atoms. The van der Waals surface area contributed by atoms with Gasteiger partial charge in [0.2, 0.25) is 6.79 Å². The molecule has 1 aromatic rings. The summed E-state index contributed by atoms with van der Waals surface area (Å²) in [5.74, 6) is 3.59. The van der Waals surface area contributed by atoms with Gasteiger partial charge in [0.15, 0.2) is 17.5 Å². The quantitative estimate of drug-likeness (QED) is 0.318. The van der Waals surface area contributed by atoms with E-state index in [4.69, 9.17) is 9.47 Å². The largest absolute Gasteiger partial charge is 0.454 e. The first-order chi connectivity index (χ1) is 9.83. The molecule has 21 heavy (non-hydrogen) atoms. The molecule has 2 N–H and O–H groups in total. The van der Waals surface area contributed by atoms with Crippen LogP contribution in [0, 0.1) is 0 Å². The number of guanidine groups is 1. The molecule has 0 atom stereocenters. The van der Waals surface area contributed by atoms with E-state index in [0.29, 0.717) is 6.79 Å². The molecule has 1 heterocycles. The van der Waals surface area contributed by atoms with Gasteiger partial charge in [0.1, 0.15) is 0 Å². The van der Waals surface area contributed by atoms with E-state index in [1.807, 2.05) is 23.9 Å². The molecule has 0 saturated heterocycles. The number of hydrogen-bond donors (Lipinski definition) is 2. The van der Waals surface area contributed by atoms with Crippen LogP contribution in [0.3, 0.4) is 0 Å². The topological polar surface area (TPSA) is 54.9 Å². The minimum Gasteiger partial charge on any atom is -0.454 e. The fourth-order valence-corrected chi connectivity index (χ4v) is 2.22. The lowest BCUT2D eigenvalue weighted by Crippen LogP contribution is -2.39. The number of halogens is 1. The molecular formula is C14H22IN3O2S.